The molecule has 0 radical (unpaired) electrons. The van der Waals surface area contributed by atoms with E-state index in [2.05, 4.69) is 19.1 Å². The lowest BCUT2D eigenvalue weighted by Crippen LogP contribution is -2.21. The molecule has 0 spiro atoms. The number of hydrogen-bond donors (Lipinski definition) is 0. The van der Waals surface area contributed by atoms with Crippen LogP contribution in [-0.4, -0.2) is 5.97 Å². The molecule has 2 nitrogen and oxygen atoms in total. The molecule has 0 saturated carbocycles. The number of aliphatic carboxylic acids is 1. The molecule has 0 atom stereocenters. The van der Waals surface area contributed by atoms with Crippen molar-refractivity contribution in [1.29, 1.82) is 0 Å². The summed E-state index contributed by atoms with van der Waals surface area (Å²) >= 11 is 0. The Labute approximate surface area is 112 Å². The molecular weight excluding hydrogens is 224 g/mol. The third-order valence-electron chi connectivity index (χ3n) is 3.12. The van der Waals surface area contributed by atoms with Crippen LogP contribution in [0.4, 0.5) is 0 Å². The highest BCUT2D eigenvalue weighted by Crippen LogP contribution is 2.10. The third-order valence-corrected chi connectivity index (χ3v) is 3.12. The molecule has 106 valence electrons. The molecule has 0 fully saturated rings. The molecule has 0 heterocycles. The summed E-state index contributed by atoms with van der Waals surface area (Å²) in [6.45, 7) is 2.21. The van der Waals surface area contributed by atoms with Gasteiger partial charge in [-0.15, -0.1) is 0 Å². The van der Waals surface area contributed by atoms with E-state index in [0.717, 1.165) is 12.8 Å². The Hall–Kier alpha value is -0.790. The average Bonchev–Trinajstić information content (AvgIpc) is 2.34. The van der Waals surface area contributed by atoms with Gasteiger partial charge in [0.1, 0.15) is 0 Å². The number of carboxylic acids is 1. The molecule has 0 aromatic heterocycles. The number of carbonyl (C=O) groups is 1. The van der Waals surface area contributed by atoms with Gasteiger partial charge in [0.25, 0.3) is 0 Å². The van der Waals surface area contributed by atoms with E-state index in [9.17, 15) is 9.90 Å². The van der Waals surface area contributed by atoms with E-state index in [1.807, 2.05) is 0 Å². The third kappa shape index (κ3) is 15.2. The van der Waals surface area contributed by atoms with Crippen LogP contribution in [0.1, 0.15) is 84.0 Å². The summed E-state index contributed by atoms with van der Waals surface area (Å²) < 4.78 is 0. The predicted molar refractivity (Wildman–Crippen MR) is 75.2 cm³/mol. The highest BCUT2D eigenvalue weighted by molar-refractivity contribution is 5.63. The summed E-state index contributed by atoms with van der Waals surface area (Å²) in [5, 5.41) is 10.2. The first-order chi connectivity index (χ1) is 8.77. The number of hydrogen-bond acceptors (Lipinski definition) is 2. The summed E-state index contributed by atoms with van der Waals surface area (Å²) in [5.74, 6) is -0.911. The van der Waals surface area contributed by atoms with Crippen molar-refractivity contribution < 1.29 is 9.90 Å². The molecule has 2 heteroatoms. The smallest absolute Gasteiger partial charge is 0.0414 e. The van der Waals surface area contributed by atoms with Crippen LogP contribution in [-0.2, 0) is 4.79 Å². The number of carboxylic acid groups (broad SMARTS) is 1. The largest absolute Gasteiger partial charge is 0.550 e. The average molecular weight is 253 g/mol. The van der Waals surface area contributed by atoms with E-state index in [1.54, 1.807) is 0 Å². The van der Waals surface area contributed by atoms with Gasteiger partial charge < -0.3 is 9.90 Å². The minimum absolute atomic E-state index is 0.226. The Morgan fingerprint density at radius 2 is 1.33 bits per heavy atom. The van der Waals surface area contributed by atoms with E-state index in [-0.39, 0.29) is 6.42 Å². The second kappa shape index (κ2) is 14.3. The maximum atomic E-state index is 10.2. The quantitative estimate of drug-likeness (QED) is 0.368. The van der Waals surface area contributed by atoms with Crippen LogP contribution in [0, 0.1) is 0 Å². The van der Waals surface area contributed by atoms with E-state index in [4.69, 9.17) is 0 Å². The number of unbranched alkanes of at least 4 members (excludes halogenated alkanes) is 9. The second-order valence-corrected chi connectivity index (χ2v) is 5.00. The highest BCUT2D eigenvalue weighted by Gasteiger charge is 1.92. The van der Waals surface area contributed by atoms with Crippen LogP contribution in [0.2, 0.25) is 0 Å². The van der Waals surface area contributed by atoms with Crippen LogP contribution in [0.15, 0.2) is 12.2 Å². The standard InChI is InChI=1S/C16H30O2/c1-2-3-4-5-6-7-8-9-10-11-12-13-14-15-16(17)18/h4-5H,2-3,6-15H2,1H3,(H,17,18)/p-1/b5-4+. The van der Waals surface area contributed by atoms with Gasteiger partial charge in [-0.25, -0.2) is 0 Å². The zero-order valence-electron chi connectivity index (χ0n) is 12.0. The fraction of sp³-hybridized carbons (Fsp3) is 0.812. The van der Waals surface area contributed by atoms with Crippen molar-refractivity contribution in [1.82, 2.24) is 0 Å². The highest BCUT2D eigenvalue weighted by atomic mass is 16.4. The van der Waals surface area contributed by atoms with Gasteiger partial charge in [-0.05, 0) is 32.1 Å². The van der Waals surface area contributed by atoms with Crippen LogP contribution in [0.25, 0.3) is 0 Å². The minimum Gasteiger partial charge on any atom is -0.550 e. The van der Waals surface area contributed by atoms with Crippen molar-refractivity contribution in [2.45, 2.75) is 84.0 Å². The molecule has 0 rings (SSSR count). The van der Waals surface area contributed by atoms with E-state index < -0.39 is 5.97 Å². The topological polar surface area (TPSA) is 40.1 Å². The number of allylic oxidation sites excluding steroid dienone is 2. The SMILES string of the molecule is CCC/C=C/CCCCCCCCCCC(=O)[O-]. The minimum atomic E-state index is -0.911. The van der Waals surface area contributed by atoms with E-state index in [0.29, 0.717) is 0 Å². The lowest BCUT2D eigenvalue weighted by molar-refractivity contribution is -0.305. The lowest BCUT2D eigenvalue weighted by atomic mass is 10.1. The zero-order chi connectivity index (χ0) is 13.5. The van der Waals surface area contributed by atoms with Crippen LogP contribution in [0.5, 0.6) is 0 Å². The van der Waals surface area contributed by atoms with Gasteiger partial charge in [-0.1, -0.05) is 64.0 Å². The summed E-state index contributed by atoms with van der Waals surface area (Å²) in [6, 6.07) is 0. The van der Waals surface area contributed by atoms with Gasteiger partial charge in [-0.2, -0.15) is 0 Å². The van der Waals surface area contributed by atoms with Crippen LogP contribution in [0.3, 0.4) is 0 Å². The molecule has 0 N–H and O–H groups in total. The summed E-state index contributed by atoms with van der Waals surface area (Å²) in [6.07, 6.45) is 18.0. The van der Waals surface area contributed by atoms with Crippen molar-refractivity contribution in [3.63, 3.8) is 0 Å². The fourth-order valence-electron chi connectivity index (χ4n) is 1.99. The zero-order valence-corrected chi connectivity index (χ0v) is 12.0. The summed E-state index contributed by atoms with van der Waals surface area (Å²) in [4.78, 5) is 10.2. The molecule has 0 amide bonds. The van der Waals surface area contributed by atoms with Crippen molar-refractivity contribution in [3.05, 3.63) is 12.2 Å². The van der Waals surface area contributed by atoms with Gasteiger partial charge in [-0.3, -0.25) is 0 Å². The Morgan fingerprint density at radius 3 is 1.89 bits per heavy atom. The maximum absolute atomic E-state index is 10.2. The fourth-order valence-corrected chi connectivity index (χ4v) is 1.99. The summed E-state index contributed by atoms with van der Waals surface area (Å²) in [5.41, 5.74) is 0. The molecule has 0 bridgehead atoms. The Morgan fingerprint density at radius 1 is 0.833 bits per heavy atom. The van der Waals surface area contributed by atoms with Gasteiger partial charge in [0.05, 0.1) is 0 Å². The molecular formula is C16H29O2-. The molecule has 0 aliphatic carbocycles. The van der Waals surface area contributed by atoms with Crippen molar-refractivity contribution in [2.24, 2.45) is 0 Å². The first kappa shape index (κ1) is 17.2. The van der Waals surface area contributed by atoms with Gasteiger partial charge in [0.2, 0.25) is 0 Å². The van der Waals surface area contributed by atoms with Crippen molar-refractivity contribution >= 4 is 5.97 Å². The first-order valence-corrected chi connectivity index (χ1v) is 7.62. The van der Waals surface area contributed by atoms with E-state index >= 15 is 0 Å². The predicted octanol–water partition coefficient (Wildman–Crippen LogP) is 3.99. The van der Waals surface area contributed by atoms with Crippen LogP contribution >= 0.6 is 0 Å². The maximum Gasteiger partial charge on any atom is 0.0414 e. The first-order valence-electron chi connectivity index (χ1n) is 7.62. The molecule has 0 aliphatic heterocycles. The Bertz CT molecular complexity index is 209. The lowest BCUT2D eigenvalue weighted by Gasteiger charge is -2.02. The van der Waals surface area contributed by atoms with E-state index in [1.165, 1.54) is 57.8 Å². The molecule has 0 unspecified atom stereocenters. The normalized spacial score (nSPS) is 11.2. The van der Waals surface area contributed by atoms with Gasteiger partial charge in [0, 0.05) is 5.97 Å². The molecule has 0 aromatic carbocycles. The monoisotopic (exact) mass is 253 g/mol. The Kier molecular flexibility index (Phi) is 13.6. The second-order valence-electron chi connectivity index (χ2n) is 5.00. The molecule has 18 heavy (non-hydrogen) atoms. The molecule has 0 saturated heterocycles. The van der Waals surface area contributed by atoms with Crippen molar-refractivity contribution in [3.8, 4) is 0 Å². The van der Waals surface area contributed by atoms with Gasteiger partial charge in [0.15, 0.2) is 0 Å². The molecule has 0 aliphatic rings. The van der Waals surface area contributed by atoms with Gasteiger partial charge >= 0.3 is 0 Å². The molecule has 0 aromatic rings. The Balaban J connectivity index is 3.01. The van der Waals surface area contributed by atoms with Crippen LogP contribution < -0.4 is 5.11 Å². The number of rotatable bonds is 13. The summed E-state index contributed by atoms with van der Waals surface area (Å²) in [7, 11) is 0. The number of carbonyl (C=O) groups excluding carboxylic acids is 1. The van der Waals surface area contributed by atoms with Crippen molar-refractivity contribution in [2.75, 3.05) is 0 Å².